The molecule has 0 saturated carbocycles. The Morgan fingerprint density at radius 3 is 2.74 bits per heavy atom. The van der Waals surface area contributed by atoms with Crippen molar-refractivity contribution in [1.82, 2.24) is 10.3 Å². The fraction of sp³-hybridized carbons (Fsp3) is 0.500. The Morgan fingerprint density at radius 1 is 1.42 bits per heavy atom. The van der Waals surface area contributed by atoms with Crippen molar-refractivity contribution in [3.05, 3.63) is 35.4 Å². The van der Waals surface area contributed by atoms with Crippen molar-refractivity contribution in [2.45, 2.75) is 32.6 Å². The number of morpholine rings is 1. The molecule has 0 aromatic heterocycles. The van der Waals surface area contributed by atoms with Crippen molar-refractivity contribution in [3.63, 3.8) is 0 Å². The second-order valence-electron chi connectivity index (χ2n) is 5.13. The van der Waals surface area contributed by atoms with Gasteiger partial charge in [0.25, 0.3) is 5.91 Å². The average Bonchev–Trinajstić information content (AvgIpc) is 2.37. The molecule has 0 spiro atoms. The van der Waals surface area contributed by atoms with Gasteiger partial charge >= 0.3 is 0 Å². The summed E-state index contributed by atoms with van der Waals surface area (Å²) in [5.74, 6) is 4.89. The molecule has 1 aliphatic rings. The molecule has 19 heavy (non-hydrogen) atoms. The quantitative estimate of drug-likeness (QED) is 0.483. The first-order valence-corrected chi connectivity index (χ1v) is 6.56. The van der Waals surface area contributed by atoms with Crippen LogP contribution in [0.4, 0.5) is 0 Å². The number of benzene rings is 1. The SMILES string of the molecule is C[C@@H]1CN(Cc2cccc(C(=O)NN)c2)C[C@H](C)O1. The van der Waals surface area contributed by atoms with Crippen LogP contribution in [0.1, 0.15) is 29.8 Å². The molecule has 1 saturated heterocycles. The smallest absolute Gasteiger partial charge is 0.265 e. The molecular weight excluding hydrogens is 242 g/mol. The second-order valence-corrected chi connectivity index (χ2v) is 5.13. The number of nitrogens with zero attached hydrogens (tertiary/aromatic N) is 1. The van der Waals surface area contributed by atoms with E-state index in [4.69, 9.17) is 10.6 Å². The molecule has 0 aliphatic carbocycles. The van der Waals surface area contributed by atoms with Crippen molar-refractivity contribution in [2.24, 2.45) is 5.84 Å². The van der Waals surface area contributed by atoms with E-state index in [-0.39, 0.29) is 18.1 Å². The van der Waals surface area contributed by atoms with Gasteiger partial charge in [-0.25, -0.2) is 5.84 Å². The third-order valence-electron chi connectivity index (χ3n) is 3.22. The van der Waals surface area contributed by atoms with Crippen molar-refractivity contribution < 1.29 is 9.53 Å². The summed E-state index contributed by atoms with van der Waals surface area (Å²) in [5.41, 5.74) is 3.86. The van der Waals surface area contributed by atoms with Crippen LogP contribution in [0, 0.1) is 0 Å². The van der Waals surface area contributed by atoms with Gasteiger partial charge in [-0.1, -0.05) is 12.1 Å². The summed E-state index contributed by atoms with van der Waals surface area (Å²) in [5, 5.41) is 0. The summed E-state index contributed by atoms with van der Waals surface area (Å²) in [7, 11) is 0. The zero-order valence-corrected chi connectivity index (χ0v) is 11.4. The van der Waals surface area contributed by atoms with Gasteiger partial charge in [0, 0.05) is 25.2 Å². The summed E-state index contributed by atoms with van der Waals surface area (Å²) in [6, 6.07) is 7.55. The summed E-state index contributed by atoms with van der Waals surface area (Å²) in [6.07, 6.45) is 0.499. The number of hydrazine groups is 1. The van der Waals surface area contributed by atoms with Gasteiger partial charge in [-0.2, -0.15) is 0 Å². The summed E-state index contributed by atoms with van der Waals surface area (Å²) >= 11 is 0. The van der Waals surface area contributed by atoms with Crippen LogP contribution in [0.3, 0.4) is 0 Å². The van der Waals surface area contributed by atoms with Gasteiger partial charge in [-0.15, -0.1) is 0 Å². The number of hydrogen-bond acceptors (Lipinski definition) is 4. The van der Waals surface area contributed by atoms with Crippen molar-refractivity contribution >= 4 is 5.91 Å². The minimum absolute atomic E-state index is 0.249. The Bertz CT molecular complexity index is 440. The molecule has 1 aromatic carbocycles. The minimum Gasteiger partial charge on any atom is -0.373 e. The predicted octanol–water partition coefficient (Wildman–Crippen LogP) is 0.899. The van der Waals surface area contributed by atoms with Gasteiger partial charge < -0.3 is 4.74 Å². The molecule has 2 atom stereocenters. The topological polar surface area (TPSA) is 67.6 Å². The number of nitrogens with two attached hydrogens (primary N) is 1. The van der Waals surface area contributed by atoms with E-state index in [0.29, 0.717) is 5.56 Å². The molecule has 0 radical (unpaired) electrons. The van der Waals surface area contributed by atoms with E-state index >= 15 is 0 Å². The van der Waals surface area contributed by atoms with Gasteiger partial charge in [0.05, 0.1) is 12.2 Å². The van der Waals surface area contributed by atoms with Gasteiger partial charge in [0.1, 0.15) is 0 Å². The van der Waals surface area contributed by atoms with E-state index in [1.807, 2.05) is 18.2 Å². The Kier molecular flexibility index (Phi) is 4.52. The lowest BCUT2D eigenvalue weighted by molar-refractivity contribution is -0.0704. The van der Waals surface area contributed by atoms with Crippen molar-refractivity contribution in [2.75, 3.05) is 13.1 Å². The number of amides is 1. The highest BCUT2D eigenvalue weighted by atomic mass is 16.5. The number of rotatable bonds is 3. The molecule has 3 N–H and O–H groups in total. The molecule has 1 aromatic rings. The molecule has 1 heterocycles. The Labute approximate surface area is 113 Å². The highest BCUT2D eigenvalue weighted by Gasteiger charge is 2.22. The summed E-state index contributed by atoms with van der Waals surface area (Å²) < 4.78 is 5.71. The maximum absolute atomic E-state index is 11.5. The van der Waals surface area contributed by atoms with E-state index in [2.05, 4.69) is 24.2 Å². The second kappa shape index (κ2) is 6.14. The van der Waals surface area contributed by atoms with E-state index in [0.717, 1.165) is 25.2 Å². The maximum atomic E-state index is 11.5. The van der Waals surface area contributed by atoms with Crippen LogP contribution in [-0.4, -0.2) is 36.1 Å². The Balaban J connectivity index is 2.04. The summed E-state index contributed by atoms with van der Waals surface area (Å²) in [6.45, 7) is 6.82. The molecule has 5 heteroatoms. The first-order valence-electron chi connectivity index (χ1n) is 6.56. The van der Waals surface area contributed by atoms with Crippen LogP contribution in [0.25, 0.3) is 0 Å². The highest BCUT2D eigenvalue weighted by Crippen LogP contribution is 2.15. The van der Waals surface area contributed by atoms with Gasteiger partial charge in [-0.05, 0) is 31.5 Å². The van der Waals surface area contributed by atoms with Gasteiger partial charge in [0.2, 0.25) is 0 Å². The Morgan fingerprint density at radius 2 is 2.11 bits per heavy atom. The average molecular weight is 263 g/mol. The third kappa shape index (κ3) is 3.76. The zero-order valence-electron chi connectivity index (χ0n) is 11.4. The minimum atomic E-state index is -0.259. The standard InChI is InChI=1S/C14H21N3O2/c1-10-7-17(8-11(2)19-10)9-12-4-3-5-13(6-12)14(18)16-15/h3-6,10-11H,7-9,15H2,1-2H3,(H,16,18)/t10-,11+. The Hall–Kier alpha value is -1.43. The molecule has 0 bridgehead atoms. The van der Waals surface area contributed by atoms with Crippen molar-refractivity contribution in [1.29, 1.82) is 0 Å². The van der Waals surface area contributed by atoms with Crippen LogP contribution in [0.2, 0.25) is 0 Å². The normalized spacial score (nSPS) is 24.2. The van der Waals surface area contributed by atoms with Crippen molar-refractivity contribution in [3.8, 4) is 0 Å². The molecule has 5 nitrogen and oxygen atoms in total. The summed E-state index contributed by atoms with van der Waals surface area (Å²) in [4.78, 5) is 13.8. The highest BCUT2D eigenvalue weighted by molar-refractivity contribution is 5.93. The van der Waals surface area contributed by atoms with Crippen LogP contribution < -0.4 is 11.3 Å². The molecule has 2 rings (SSSR count). The first-order chi connectivity index (χ1) is 9.08. The number of hydrogen-bond donors (Lipinski definition) is 2. The number of nitrogen functional groups attached to an aromatic ring is 1. The first kappa shape index (κ1) is 14.0. The number of carbonyl (C=O) groups is 1. The van der Waals surface area contributed by atoms with E-state index < -0.39 is 0 Å². The number of carbonyl (C=O) groups excluding carboxylic acids is 1. The van der Waals surface area contributed by atoms with Crippen LogP contribution in [0.5, 0.6) is 0 Å². The molecular formula is C14H21N3O2. The van der Waals surface area contributed by atoms with E-state index in [1.165, 1.54) is 0 Å². The van der Waals surface area contributed by atoms with Gasteiger partial charge in [0.15, 0.2) is 0 Å². The lowest BCUT2D eigenvalue weighted by Gasteiger charge is -2.35. The third-order valence-corrected chi connectivity index (χ3v) is 3.22. The lowest BCUT2D eigenvalue weighted by atomic mass is 10.1. The molecule has 1 amide bonds. The van der Waals surface area contributed by atoms with E-state index in [9.17, 15) is 4.79 Å². The van der Waals surface area contributed by atoms with Crippen LogP contribution in [0.15, 0.2) is 24.3 Å². The molecule has 1 aliphatic heterocycles. The van der Waals surface area contributed by atoms with Gasteiger partial charge in [-0.3, -0.25) is 15.1 Å². The fourth-order valence-electron chi connectivity index (χ4n) is 2.57. The number of nitrogens with one attached hydrogen (secondary N) is 1. The monoisotopic (exact) mass is 263 g/mol. The largest absolute Gasteiger partial charge is 0.373 e. The van der Waals surface area contributed by atoms with Crippen LogP contribution in [-0.2, 0) is 11.3 Å². The molecule has 0 unspecified atom stereocenters. The number of ether oxygens (including phenoxy) is 1. The van der Waals surface area contributed by atoms with Crippen LogP contribution >= 0.6 is 0 Å². The molecule has 1 fully saturated rings. The zero-order chi connectivity index (χ0) is 13.8. The van der Waals surface area contributed by atoms with E-state index in [1.54, 1.807) is 6.07 Å². The fourth-order valence-corrected chi connectivity index (χ4v) is 2.57. The maximum Gasteiger partial charge on any atom is 0.265 e. The lowest BCUT2D eigenvalue weighted by Crippen LogP contribution is -2.44. The molecule has 104 valence electrons. The predicted molar refractivity (Wildman–Crippen MR) is 73.4 cm³/mol.